The Morgan fingerprint density at radius 1 is 1.54 bits per heavy atom. The molecule has 0 spiro atoms. The third-order valence-corrected chi connectivity index (χ3v) is 2.56. The van der Waals surface area contributed by atoms with E-state index < -0.39 is 0 Å². The Morgan fingerprint density at radius 3 is 2.77 bits per heavy atom. The van der Waals surface area contributed by atoms with Gasteiger partial charge in [0.25, 0.3) is 0 Å². The number of hydrogen-bond acceptors (Lipinski definition) is 3. The molecule has 4 heteroatoms. The molecule has 1 N–H and O–H groups in total. The number of hydrogen-bond donors (Lipinski definition) is 1. The lowest BCUT2D eigenvalue weighted by molar-refractivity contribution is -0.129. The molecule has 0 radical (unpaired) electrons. The summed E-state index contributed by atoms with van der Waals surface area (Å²) in [5.41, 5.74) is 0. The molecule has 0 aromatic heterocycles. The average molecular weight is 204 g/mol. The molecular weight excluding hydrogens is 184 g/mol. The second kappa shape index (κ2) is 8.38. The molecular formula is C9H20N2OS. The molecule has 0 aliphatic rings. The molecule has 0 saturated heterocycles. The van der Waals surface area contributed by atoms with Gasteiger partial charge < -0.3 is 10.2 Å². The standard InChI is InChI=1S/C9H20N2OS/c1-10-6-7-11(2)9(12)5-4-8-13-3/h10H,4-8H2,1-3H3. The maximum atomic E-state index is 11.4. The van der Waals surface area contributed by atoms with E-state index in [2.05, 4.69) is 11.6 Å². The van der Waals surface area contributed by atoms with E-state index in [1.54, 1.807) is 16.7 Å². The van der Waals surface area contributed by atoms with Crippen LogP contribution in [0.25, 0.3) is 0 Å². The highest BCUT2D eigenvalue weighted by Gasteiger charge is 2.06. The molecule has 0 rings (SSSR count). The van der Waals surface area contributed by atoms with Crippen molar-refractivity contribution >= 4 is 17.7 Å². The van der Waals surface area contributed by atoms with Crippen molar-refractivity contribution in [3.63, 3.8) is 0 Å². The Kier molecular flexibility index (Phi) is 8.24. The first-order valence-corrected chi connectivity index (χ1v) is 5.99. The molecule has 0 unspecified atom stereocenters. The topological polar surface area (TPSA) is 32.3 Å². The van der Waals surface area contributed by atoms with Crippen LogP contribution in [0.4, 0.5) is 0 Å². The van der Waals surface area contributed by atoms with Crippen LogP contribution in [0.2, 0.25) is 0 Å². The predicted molar refractivity (Wildman–Crippen MR) is 59.2 cm³/mol. The molecule has 0 aliphatic heterocycles. The lowest BCUT2D eigenvalue weighted by Gasteiger charge is -2.16. The largest absolute Gasteiger partial charge is 0.344 e. The Balaban J connectivity index is 3.45. The van der Waals surface area contributed by atoms with E-state index in [-0.39, 0.29) is 5.91 Å². The number of carbonyl (C=O) groups excluding carboxylic acids is 1. The Labute approximate surface area is 85.3 Å². The summed E-state index contributed by atoms with van der Waals surface area (Å²) >= 11 is 1.79. The highest BCUT2D eigenvalue weighted by Crippen LogP contribution is 2.01. The van der Waals surface area contributed by atoms with Crippen molar-refractivity contribution in [2.45, 2.75) is 12.8 Å². The Bertz CT molecular complexity index is 142. The number of thioether (sulfide) groups is 1. The van der Waals surface area contributed by atoms with Gasteiger partial charge in [0.1, 0.15) is 0 Å². The van der Waals surface area contributed by atoms with Gasteiger partial charge in [-0.3, -0.25) is 4.79 Å². The van der Waals surface area contributed by atoms with E-state index in [0.29, 0.717) is 6.42 Å². The van der Waals surface area contributed by atoms with Crippen LogP contribution in [0.3, 0.4) is 0 Å². The number of carbonyl (C=O) groups is 1. The quantitative estimate of drug-likeness (QED) is 0.623. The van der Waals surface area contributed by atoms with Crippen LogP contribution in [0.1, 0.15) is 12.8 Å². The summed E-state index contributed by atoms with van der Waals surface area (Å²) < 4.78 is 0. The Hall–Kier alpha value is -0.220. The Morgan fingerprint density at radius 2 is 2.23 bits per heavy atom. The maximum absolute atomic E-state index is 11.4. The summed E-state index contributed by atoms with van der Waals surface area (Å²) in [5, 5.41) is 3.02. The smallest absolute Gasteiger partial charge is 0.222 e. The van der Waals surface area contributed by atoms with Gasteiger partial charge in [-0.15, -0.1) is 0 Å². The SMILES string of the molecule is CNCCN(C)C(=O)CCCSC. The molecule has 0 atom stereocenters. The molecule has 78 valence electrons. The van der Waals surface area contributed by atoms with Gasteiger partial charge in [-0.2, -0.15) is 11.8 Å². The summed E-state index contributed by atoms with van der Waals surface area (Å²) in [7, 11) is 3.75. The van der Waals surface area contributed by atoms with Gasteiger partial charge in [0.05, 0.1) is 0 Å². The van der Waals surface area contributed by atoms with E-state index in [9.17, 15) is 4.79 Å². The summed E-state index contributed by atoms with van der Waals surface area (Å²) in [4.78, 5) is 13.2. The molecule has 0 bridgehead atoms. The van der Waals surface area contributed by atoms with Crippen molar-refractivity contribution in [1.82, 2.24) is 10.2 Å². The third kappa shape index (κ3) is 6.90. The van der Waals surface area contributed by atoms with Crippen LogP contribution in [0.15, 0.2) is 0 Å². The van der Waals surface area contributed by atoms with Gasteiger partial charge in [0.15, 0.2) is 0 Å². The van der Waals surface area contributed by atoms with E-state index in [4.69, 9.17) is 0 Å². The molecule has 0 fully saturated rings. The lowest BCUT2D eigenvalue weighted by atomic mass is 10.3. The monoisotopic (exact) mass is 204 g/mol. The minimum absolute atomic E-state index is 0.254. The number of nitrogens with zero attached hydrogens (tertiary/aromatic N) is 1. The maximum Gasteiger partial charge on any atom is 0.222 e. The number of likely N-dealkylation sites (N-methyl/N-ethyl adjacent to an activating group) is 2. The zero-order valence-corrected chi connectivity index (χ0v) is 9.62. The molecule has 0 aromatic rings. The highest BCUT2D eigenvalue weighted by molar-refractivity contribution is 7.98. The highest BCUT2D eigenvalue weighted by atomic mass is 32.2. The van der Waals surface area contributed by atoms with Gasteiger partial charge in [0, 0.05) is 26.6 Å². The molecule has 0 aromatic carbocycles. The fourth-order valence-corrected chi connectivity index (χ4v) is 1.40. The van der Waals surface area contributed by atoms with E-state index >= 15 is 0 Å². The summed E-state index contributed by atoms with van der Waals surface area (Å²) in [6, 6.07) is 0. The fraction of sp³-hybridized carbons (Fsp3) is 0.889. The molecule has 3 nitrogen and oxygen atoms in total. The normalized spacial score (nSPS) is 10.1. The minimum atomic E-state index is 0.254. The van der Waals surface area contributed by atoms with Crippen LogP contribution < -0.4 is 5.32 Å². The lowest BCUT2D eigenvalue weighted by Crippen LogP contribution is -2.32. The molecule has 0 saturated carbocycles. The van der Waals surface area contributed by atoms with Gasteiger partial charge in [0.2, 0.25) is 5.91 Å². The molecule has 1 amide bonds. The van der Waals surface area contributed by atoms with Crippen LogP contribution in [-0.2, 0) is 4.79 Å². The van der Waals surface area contributed by atoms with Crippen molar-refractivity contribution in [1.29, 1.82) is 0 Å². The first kappa shape index (κ1) is 12.8. The number of nitrogens with one attached hydrogen (secondary N) is 1. The first-order chi connectivity index (χ1) is 6.22. The van der Waals surface area contributed by atoms with E-state index in [1.807, 2.05) is 14.1 Å². The second-order valence-corrected chi connectivity index (χ2v) is 4.00. The zero-order chi connectivity index (χ0) is 10.1. The van der Waals surface area contributed by atoms with Crippen molar-refractivity contribution in [3.05, 3.63) is 0 Å². The molecule has 13 heavy (non-hydrogen) atoms. The summed E-state index contributed by atoms with van der Waals surface area (Å²) in [6.07, 6.45) is 3.74. The average Bonchev–Trinajstić information content (AvgIpc) is 2.14. The van der Waals surface area contributed by atoms with Crippen LogP contribution in [-0.4, -0.2) is 50.0 Å². The molecule has 0 heterocycles. The van der Waals surface area contributed by atoms with Crippen LogP contribution in [0.5, 0.6) is 0 Å². The van der Waals surface area contributed by atoms with Crippen LogP contribution in [0, 0.1) is 0 Å². The molecule has 0 aliphatic carbocycles. The minimum Gasteiger partial charge on any atom is -0.344 e. The van der Waals surface area contributed by atoms with Crippen molar-refractivity contribution in [2.75, 3.05) is 39.2 Å². The van der Waals surface area contributed by atoms with Crippen molar-refractivity contribution in [2.24, 2.45) is 0 Å². The second-order valence-electron chi connectivity index (χ2n) is 3.02. The number of rotatable bonds is 7. The van der Waals surface area contributed by atoms with Gasteiger partial charge in [-0.05, 0) is 25.5 Å². The summed E-state index contributed by atoms with van der Waals surface area (Å²) in [6.45, 7) is 1.67. The van der Waals surface area contributed by atoms with Crippen molar-refractivity contribution < 1.29 is 4.79 Å². The van der Waals surface area contributed by atoms with E-state index in [0.717, 1.165) is 25.3 Å². The van der Waals surface area contributed by atoms with Crippen molar-refractivity contribution in [3.8, 4) is 0 Å². The predicted octanol–water partition coefficient (Wildman–Crippen LogP) is 0.807. The van der Waals surface area contributed by atoms with Gasteiger partial charge in [-0.1, -0.05) is 0 Å². The summed E-state index contributed by atoms with van der Waals surface area (Å²) in [5.74, 6) is 1.33. The number of amides is 1. The third-order valence-electron chi connectivity index (χ3n) is 1.86. The van der Waals surface area contributed by atoms with Gasteiger partial charge >= 0.3 is 0 Å². The first-order valence-electron chi connectivity index (χ1n) is 4.60. The zero-order valence-electron chi connectivity index (χ0n) is 8.80. The van der Waals surface area contributed by atoms with E-state index in [1.165, 1.54) is 0 Å². The van der Waals surface area contributed by atoms with Crippen LogP contribution >= 0.6 is 11.8 Å². The van der Waals surface area contributed by atoms with Gasteiger partial charge in [-0.25, -0.2) is 0 Å². The fourth-order valence-electron chi connectivity index (χ4n) is 0.963.